The predicted molar refractivity (Wildman–Crippen MR) is 141 cm³/mol. The Morgan fingerprint density at radius 3 is 2.49 bits per heavy atom. The van der Waals surface area contributed by atoms with Gasteiger partial charge in [0.2, 0.25) is 5.91 Å². The third kappa shape index (κ3) is 5.00. The third-order valence-corrected chi connectivity index (χ3v) is 7.70. The Kier molecular flexibility index (Phi) is 6.95. The highest BCUT2D eigenvalue weighted by Crippen LogP contribution is 2.30. The highest BCUT2D eigenvalue weighted by molar-refractivity contribution is 8.00. The zero-order valence-electron chi connectivity index (χ0n) is 19.9. The molecule has 6 nitrogen and oxygen atoms in total. The second-order valence-electron chi connectivity index (χ2n) is 8.69. The molecule has 2 heterocycles. The number of piperazine rings is 1. The number of carbonyl (C=O) groups is 2. The first-order chi connectivity index (χ1) is 17.1. The fraction of sp³-hybridized carbons (Fsp3) is 0.286. The van der Waals surface area contributed by atoms with E-state index in [0.29, 0.717) is 24.4 Å². The summed E-state index contributed by atoms with van der Waals surface area (Å²) in [5.41, 5.74) is 4.00. The summed E-state index contributed by atoms with van der Waals surface area (Å²) >= 11 is 1.45. The molecule has 0 spiro atoms. The third-order valence-electron chi connectivity index (χ3n) is 6.64. The molecule has 0 aromatic heterocycles. The number of rotatable bonds is 6. The van der Waals surface area contributed by atoms with Gasteiger partial charge in [0.15, 0.2) is 0 Å². The second kappa shape index (κ2) is 10.4. The number of hydrogen-bond donors (Lipinski definition) is 0. The van der Waals surface area contributed by atoms with Crippen molar-refractivity contribution in [3.63, 3.8) is 0 Å². The fourth-order valence-electron chi connectivity index (χ4n) is 4.73. The number of benzene rings is 3. The SMILES string of the molecule is COc1cccc(N2CCN(C(=O)c3ccccc3SCC(=O)N3CCc4ccccc43)CC2)c1. The van der Waals surface area contributed by atoms with Crippen molar-refractivity contribution in [3.8, 4) is 5.75 Å². The van der Waals surface area contributed by atoms with Crippen LogP contribution in [0.5, 0.6) is 5.75 Å². The first kappa shape index (κ1) is 23.3. The molecule has 0 radical (unpaired) electrons. The number of thioether (sulfide) groups is 1. The van der Waals surface area contributed by atoms with Crippen molar-refractivity contribution < 1.29 is 14.3 Å². The highest BCUT2D eigenvalue weighted by atomic mass is 32.2. The number of nitrogens with zero attached hydrogens (tertiary/aromatic N) is 3. The van der Waals surface area contributed by atoms with Crippen molar-refractivity contribution in [2.45, 2.75) is 11.3 Å². The largest absolute Gasteiger partial charge is 0.497 e. The van der Waals surface area contributed by atoms with E-state index in [1.807, 2.05) is 70.5 Å². The van der Waals surface area contributed by atoms with Gasteiger partial charge in [0.25, 0.3) is 5.91 Å². The van der Waals surface area contributed by atoms with Gasteiger partial charge in [-0.25, -0.2) is 0 Å². The van der Waals surface area contributed by atoms with Gasteiger partial charge in [0.1, 0.15) is 5.75 Å². The predicted octanol–water partition coefficient (Wildman–Crippen LogP) is 4.34. The Labute approximate surface area is 210 Å². The van der Waals surface area contributed by atoms with E-state index in [9.17, 15) is 9.59 Å². The molecule has 35 heavy (non-hydrogen) atoms. The number of methoxy groups -OCH3 is 1. The number of ether oxygens (including phenoxy) is 1. The number of carbonyl (C=O) groups excluding carboxylic acids is 2. The molecular formula is C28H29N3O3S. The van der Waals surface area contributed by atoms with Crippen LogP contribution in [0.25, 0.3) is 0 Å². The van der Waals surface area contributed by atoms with Crippen molar-refractivity contribution in [3.05, 3.63) is 83.9 Å². The number of para-hydroxylation sites is 1. The summed E-state index contributed by atoms with van der Waals surface area (Å²) in [4.78, 5) is 33.3. The molecule has 0 saturated carbocycles. The summed E-state index contributed by atoms with van der Waals surface area (Å²) in [5.74, 6) is 1.24. The van der Waals surface area contributed by atoms with Gasteiger partial charge < -0.3 is 19.4 Å². The van der Waals surface area contributed by atoms with E-state index in [0.717, 1.165) is 48.1 Å². The maximum atomic E-state index is 13.4. The monoisotopic (exact) mass is 487 g/mol. The fourth-order valence-corrected chi connectivity index (χ4v) is 5.65. The van der Waals surface area contributed by atoms with Crippen LogP contribution < -0.4 is 14.5 Å². The van der Waals surface area contributed by atoms with Crippen molar-refractivity contribution in [2.24, 2.45) is 0 Å². The van der Waals surface area contributed by atoms with E-state index in [1.165, 1.54) is 17.3 Å². The van der Waals surface area contributed by atoms with E-state index >= 15 is 0 Å². The molecule has 2 aliphatic rings. The smallest absolute Gasteiger partial charge is 0.255 e. The summed E-state index contributed by atoms with van der Waals surface area (Å²) in [7, 11) is 1.67. The van der Waals surface area contributed by atoms with Crippen molar-refractivity contribution >= 4 is 35.0 Å². The number of fused-ring (bicyclic) bond motifs is 1. The van der Waals surface area contributed by atoms with Crippen LogP contribution >= 0.6 is 11.8 Å². The molecular weight excluding hydrogens is 458 g/mol. The lowest BCUT2D eigenvalue weighted by atomic mass is 10.1. The minimum atomic E-state index is 0.0253. The minimum absolute atomic E-state index is 0.0253. The molecule has 0 unspecified atom stereocenters. The Bertz CT molecular complexity index is 1220. The quantitative estimate of drug-likeness (QED) is 0.484. The molecule has 0 atom stereocenters. The Balaban J connectivity index is 1.21. The zero-order valence-corrected chi connectivity index (χ0v) is 20.7. The summed E-state index contributed by atoms with van der Waals surface area (Å²) in [5, 5.41) is 0. The molecule has 3 aromatic rings. The van der Waals surface area contributed by atoms with Crippen LogP contribution in [-0.4, -0.2) is 62.3 Å². The van der Waals surface area contributed by atoms with Gasteiger partial charge in [0.05, 0.1) is 18.4 Å². The van der Waals surface area contributed by atoms with Crippen LogP contribution in [0.1, 0.15) is 15.9 Å². The second-order valence-corrected chi connectivity index (χ2v) is 9.71. The summed E-state index contributed by atoms with van der Waals surface area (Å²) < 4.78 is 5.35. The Morgan fingerprint density at radius 2 is 1.66 bits per heavy atom. The lowest BCUT2D eigenvalue weighted by Gasteiger charge is -2.36. The summed E-state index contributed by atoms with van der Waals surface area (Å²) in [6.45, 7) is 3.55. The standard InChI is InChI=1S/C28H29N3O3S/c1-34-23-9-6-8-22(19-23)29-15-17-30(18-16-29)28(33)24-10-3-5-12-26(24)35-20-27(32)31-14-13-21-7-2-4-11-25(21)31/h2-12,19H,13-18,20H2,1H3. The molecule has 1 fully saturated rings. The van der Waals surface area contributed by atoms with Crippen molar-refractivity contribution in [2.75, 3.05) is 55.4 Å². The van der Waals surface area contributed by atoms with Gasteiger partial charge in [-0.15, -0.1) is 11.8 Å². The van der Waals surface area contributed by atoms with Crippen LogP contribution in [0.2, 0.25) is 0 Å². The van der Waals surface area contributed by atoms with Gasteiger partial charge in [0, 0.05) is 55.1 Å². The van der Waals surface area contributed by atoms with Crippen LogP contribution in [0.15, 0.2) is 77.7 Å². The van der Waals surface area contributed by atoms with Crippen LogP contribution in [0, 0.1) is 0 Å². The molecule has 2 aliphatic heterocycles. The van der Waals surface area contributed by atoms with E-state index in [-0.39, 0.29) is 11.8 Å². The van der Waals surface area contributed by atoms with Crippen LogP contribution in [0.3, 0.4) is 0 Å². The zero-order chi connectivity index (χ0) is 24.2. The molecule has 3 aromatic carbocycles. The summed E-state index contributed by atoms with van der Waals surface area (Å²) in [6, 6.07) is 23.7. The normalized spacial score (nSPS) is 15.2. The molecule has 7 heteroatoms. The maximum Gasteiger partial charge on any atom is 0.255 e. The first-order valence-corrected chi connectivity index (χ1v) is 12.9. The van der Waals surface area contributed by atoms with Crippen LogP contribution in [-0.2, 0) is 11.2 Å². The lowest BCUT2D eigenvalue weighted by Crippen LogP contribution is -2.48. The average molecular weight is 488 g/mol. The van der Waals surface area contributed by atoms with Gasteiger partial charge in [-0.1, -0.05) is 36.4 Å². The molecule has 2 amide bonds. The number of anilines is 2. The Hall–Kier alpha value is -3.45. The van der Waals surface area contributed by atoms with Gasteiger partial charge in [-0.05, 0) is 42.3 Å². The van der Waals surface area contributed by atoms with E-state index in [2.05, 4.69) is 17.0 Å². The van der Waals surface area contributed by atoms with Gasteiger partial charge >= 0.3 is 0 Å². The van der Waals surface area contributed by atoms with E-state index in [1.54, 1.807) is 7.11 Å². The van der Waals surface area contributed by atoms with E-state index < -0.39 is 0 Å². The minimum Gasteiger partial charge on any atom is -0.497 e. The first-order valence-electron chi connectivity index (χ1n) is 11.9. The molecule has 0 aliphatic carbocycles. The molecule has 180 valence electrons. The Morgan fingerprint density at radius 1 is 0.886 bits per heavy atom. The molecule has 1 saturated heterocycles. The average Bonchev–Trinajstić information content (AvgIpc) is 3.36. The molecule has 5 rings (SSSR count). The lowest BCUT2D eigenvalue weighted by molar-refractivity contribution is -0.116. The molecule has 0 bridgehead atoms. The molecule has 0 N–H and O–H groups in total. The topological polar surface area (TPSA) is 53.1 Å². The van der Waals surface area contributed by atoms with Crippen molar-refractivity contribution in [1.82, 2.24) is 4.90 Å². The summed E-state index contributed by atoms with van der Waals surface area (Å²) in [6.07, 6.45) is 0.892. The van der Waals surface area contributed by atoms with Crippen molar-refractivity contribution in [1.29, 1.82) is 0 Å². The van der Waals surface area contributed by atoms with Gasteiger partial charge in [-0.3, -0.25) is 9.59 Å². The maximum absolute atomic E-state index is 13.4. The van der Waals surface area contributed by atoms with E-state index in [4.69, 9.17) is 4.74 Å². The number of amides is 2. The highest BCUT2D eigenvalue weighted by Gasteiger charge is 2.26. The van der Waals surface area contributed by atoms with Crippen LogP contribution in [0.4, 0.5) is 11.4 Å². The number of hydrogen-bond acceptors (Lipinski definition) is 5. The van der Waals surface area contributed by atoms with Gasteiger partial charge in [-0.2, -0.15) is 0 Å².